The number of rotatable bonds is 2. The van der Waals surface area contributed by atoms with Gasteiger partial charge < -0.3 is 14.9 Å². The summed E-state index contributed by atoms with van der Waals surface area (Å²) in [5.41, 5.74) is 0.00896. The summed E-state index contributed by atoms with van der Waals surface area (Å²) in [5, 5.41) is 13.9. The number of halogens is 3. The van der Waals surface area contributed by atoms with Crippen molar-refractivity contribution in [3.63, 3.8) is 0 Å². The summed E-state index contributed by atoms with van der Waals surface area (Å²) < 4.78 is 40.8. The van der Waals surface area contributed by atoms with E-state index in [1.54, 1.807) is 0 Å². The van der Waals surface area contributed by atoms with Gasteiger partial charge in [0, 0.05) is 0 Å². The summed E-state index contributed by atoms with van der Waals surface area (Å²) >= 11 is 0. The Morgan fingerprint density at radius 3 is 1.94 bits per heavy atom. The van der Waals surface area contributed by atoms with Crippen LogP contribution in [-0.4, -0.2) is 29.7 Å². The maximum absolute atomic E-state index is 12.2. The van der Waals surface area contributed by atoms with E-state index < -0.39 is 18.1 Å². The standard InChI is InChI=1S/C9H13F3O.CH2O3/c1-8(2)5-6(8)4-7(13-3)9(10,11)12;2-1(3)4/h4,6H,5H2,1-3H3;(H2,2,3,4). The van der Waals surface area contributed by atoms with E-state index in [0.29, 0.717) is 0 Å². The fourth-order valence-electron chi connectivity index (χ4n) is 1.25. The van der Waals surface area contributed by atoms with Crippen molar-refractivity contribution in [3.8, 4) is 0 Å². The monoisotopic (exact) mass is 256 g/mol. The van der Waals surface area contributed by atoms with Crippen LogP contribution < -0.4 is 0 Å². The Bertz CT molecular complexity index is 303. The van der Waals surface area contributed by atoms with E-state index in [1.807, 2.05) is 13.8 Å². The van der Waals surface area contributed by atoms with Crippen LogP contribution in [0.5, 0.6) is 0 Å². The van der Waals surface area contributed by atoms with Crippen LogP contribution in [0.3, 0.4) is 0 Å². The molecule has 0 aliphatic heterocycles. The average molecular weight is 256 g/mol. The van der Waals surface area contributed by atoms with Crippen LogP contribution in [0.25, 0.3) is 0 Å². The molecule has 1 aliphatic rings. The lowest BCUT2D eigenvalue weighted by atomic mass is 10.1. The molecule has 17 heavy (non-hydrogen) atoms. The molecule has 0 saturated heterocycles. The van der Waals surface area contributed by atoms with Crippen molar-refractivity contribution in [1.82, 2.24) is 0 Å². The second kappa shape index (κ2) is 5.29. The summed E-state index contributed by atoms with van der Waals surface area (Å²) in [7, 11) is 1.05. The number of hydrogen-bond donors (Lipinski definition) is 2. The zero-order valence-electron chi connectivity index (χ0n) is 9.71. The highest BCUT2D eigenvalue weighted by atomic mass is 19.4. The van der Waals surface area contributed by atoms with E-state index in [2.05, 4.69) is 4.74 Å². The van der Waals surface area contributed by atoms with Crippen LogP contribution in [-0.2, 0) is 4.74 Å². The second-order valence-corrected chi connectivity index (χ2v) is 4.31. The van der Waals surface area contributed by atoms with Crippen molar-refractivity contribution in [2.45, 2.75) is 26.4 Å². The number of allylic oxidation sites excluding steroid dienone is 2. The van der Waals surface area contributed by atoms with Crippen LogP contribution in [0.2, 0.25) is 0 Å². The van der Waals surface area contributed by atoms with Crippen molar-refractivity contribution in [3.05, 3.63) is 11.8 Å². The van der Waals surface area contributed by atoms with Gasteiger partial charge in [-0.25, -0.2) is 4.79 Å². The van der Waals surface area contributed by atoms with Gasteiger partial charge in [0.05, 0.1) is 7.11 Å². The van der Waals surface area contributed by atoms with Gasteiger partial charge in [-0.1, -0.05) is 13.8 Å². The summed E-state index contributed by atoms with van der Waals surface area (Å²) in [6, 6.07) is 0. The highest BCUT2D eigenvalue weighted by Gasteiger charge is 2.47. The fraction of sp³-hybridized carbons (Fsp3) is 0.700. The number of ether oxygens (including phenoxy) is 1. The van der Waals surface area contributed by atoms with Gasteiger partial charge in [-0.2, -0.15) is 13.2 Å². The van der Waals surface area contributed by atoms with Gasteiger partial charge in [-0.05, 0) is 23.8 Å². The molecule has 0 amide bonds. The smallest absolute Gasteiger partial charge is 0.492 e. The molecule has 1 aliphatic carbocycles. The molecule has 2 N–H and O–H groups in total. The van der Waals surface area contributed by atoms with Crippen molar-refractivity contribution in [1.29, 1.82) is 0 Å². The number of hydrogen-bond acceptors (Lipinski definition) is 2. The first kappa shape index (κ1) is 15.6. The van der Waals surface area contributed by atoms with Crippen molar-refractivity contribution >= 4 is 6.16 Å². The van der Waals surface area contributed by atoms with E-state index in [9.17, 15) is 13.2 Å². The quantitative estimate of drug-likeness (QED) is 0.743. The Balaban J connectivity index is 0.000000557. The van der Waals surface area contributed by atoms with Gasteiger partial charge in [0.25, 0.3) is 0 Å². The lowest BCUT2D eigenvalue weighted by molar-refractivity contribution is -0.126. The van der Waals surface area contributed by atoms with Gasteiger partial charge in [-0.3, -0.25) is 0 Å². The molecule has 1 fully saturated rings. The first-order valence-electron chi connectivity index (χ1n) is 4.75. The Hall–Kier alpha value is -1.40. The van der Waals surface area contributed by atoms with E-state index in [-0.39, 0.29) is 11.3 Å². The predicted octanol–water partition coefficient (Wildman–Crippen LogP) is 3.35. The Labute approximate surface area is 96.7 Å². The minimum atomic E-state index is -4.35. The Kier molecular flexibility index (Phi) is 4.85. The normalized spacial score (nSPS) is 22.2. The molecule has 0 radical (unpaired) electrons. The third-order valence-electron chi connectivity index (χ3n) is 2.44. The Morgan fingerprint density at radius 2 is 1.76 bits per heavy atom. The molecule has 0 spiro atoms. The predicted molar refractivity (Wildman–Crippen MR) is 53.7 cm³/mol. The molecule has 0 bridgehead atoms. The number of methoxy groups -OCH3 is 1. The molecule has 0 heterocycles. The molecular weight excluding hydrogens is 241 g/mol. The molecule has 1 rings (SSSR count). The van der Waals surface area contributed by atoms with Gasteiger partial charge in [-0.15, -0.1) is 0 Å². The molecule has 1 unspecified atom stereocenters. The van der Waals surface area contributed by atoms with Crippen molar-refractivity contribution in [2.24, 2.45) is 11.3 Å². The van der Waals surface area contributed by atoms with Crippen LogP contribution in [0.15, 0.2) is 11.8 Å². The van der Waals surface area contributed by atoms with E-state index >= 15 is 0 Å². The third kappa shape index (κ3) is 6.03. The molecular formula is C10H15F3O4. The summed E-state index contributed by atoms with van der Waals surface area (Å²) in [4.78, 5) is 8.56. The summed E-state index contributed by atoms with van der Waals surface area (Å²) in [6.07, 6.45) is -4.20. The van der Waals surface area contributed by atoms with E-state index in [4.69, 9.17) is 15.0 Å². The molecule has 0 aromatic rings. The van der Waals surface area contributed by atoms with E-state index in [0.717, 1.165) is 13.5 Å². The third-order valence-corrected chi connectivity index (χ3v) is 2.44. The highest BCUT2D eigenvalue weighted by Crippen LogP contribution is 2.53. The minimum Gasteiger partial charge on any atom is -0.492 e. The maximum Gasteiger partial charge on any atom is 0.503 e. The van der Waals surface area contributed by atoms with Crippen LogP contribution >= 0.6 is 0 Å². The zero-order chi connectivity index (χ0) is 13.9. The summed E-state index contributed by atoms with van der Waals surface area (Å²) in [6.45, 7) is 3.88. The molecule has 7 heteroatoms. The lowest BCUT2D eigenvalue weighted by Crippen LogP contribution is -2.13. The van der Waals surface area contributed by atoms with E-state index in [1.165, 1.54) is 6.08 Å². The van der Waals surface area contributed by atoms with Crippen molar-refractivity contribution < 1.29 is 32.9 Å². The number of alkyl halides is 3. The highest BCUT2D eigenvalue weighted by molar-refractivity contribution is 5.53. The molecule has 4 nitrogen and oxygen atoms in total. The van der Waals surface area contributed by atoms with Crippen molar-refractivity contribution in [2.75, 3.05) is 7.11 Å². The van der Waals surface area contributed by atoms with Gasteiger partial charge in [0.15, 0.2) is 5.76 Å². The molecule has 1 atom stereocenters. The van der Waals surface area contributed by atoms with Gasteiger partial charge >= 0.3 is 12.3 Å². The first-order valence-corrected chi connectivity index (χ1v) is 4.75. The lowest BCUT2D eigenvalue weighted by Gasteiger charge is -2.10. The zero-order valence-corrected chi connectivity index (χ0v) is 9.71. The van der Waals surface area contributed by atoms with Crippen LogP contribution in [0, 0.1) is 11.3 Å². The molecule has 0 aromatic carbocycles. The average Bonchev–Trinajstić information content (AvgIpc) is 2.66. The SMILES string of the molecule is COC(=CC1CC1(C)C)C(F)(F)F.O=C(O)O. The largest absolute Gasteiger partial charge is 0.503 e. The van der Waals surface area contributed by atoms with Crippen LogP contribution in [0.1, 0.15) is 20.3 Å². The maximum atomic E-state index is 12.2. The van der Waals surface area contributed by atoms with Crippen LogP contribution in [0.4, 0.5) is 18.0 Å². The minimum absolute atomic E-state index is 0.00377. The topological polar surface area (TPSA) is 66.8 Å². The Morgan fingerprint density at radius 1 is 1.41 bits per heavy atom. The fourth-order valence-corrected chi connectivity index (χ4v) is 1.25. The first-order chi connectivity index (χ1) is 7.50. The summed E-state index contributed by atoms with van der Waals surface area (Å²) in [5.74, 6) is -0.868. The van der Waals surface area contributed by atoms with Gasteiger partial charge in [0.2, 0.25) is 0 Å². The molecule has 1 saturated carbocycles. The number of carboxylic acid groups (broad SMARTS) is 2. The van der Waals surface area contributed by atoms with Gasteiger partial charge in [0.1, 0.15) is 0 Å². The molecule has 0 aromatic heterocycles. The number of carbonyl (C=O) groups is 1. The second-order valence-electron chi connectivity index (χ2n) is 4.31. The molecule has 100 valence electrons.